The van der Waals surface area contributed by atoms with E-state index in [2.05, 4.69) is 5.43 Å². The lowest BCUT2D eigenvalue weighted by Gasteiger charge is -2.14. The second kappa shape index (κ2) is 6.04. The van der Waals surface area contributed by atoms with Crippen LogP contribution in [0.4, 0.5) is 5.69 Å². The van der Waals surface area contributed by atoms with E-state index < -0.39 is 21.8 Å². The number of rotatable bonds is 3. The molecule has 0 atom stereocenters. The molecule has 0 saturated carbocycles. The van der Waals surface area contributed by atoms with Gasteiger partial charge in [-0.15, -0.1) is 0 Å². The maximum Gasteiger partial charge on any atom is 0.282 e. The molecule has 0 unspecified atom stereocenters. The molecule has 4 N–H and O–H groups in total. The zero-order chi connectivity index (χ0) is 18.2. The summed E-state index contributed by atoms with van der Waals surface area (Å²) in [6.07, 6.45) is 1.40. The van der Waals surface area contributed by atoms with Crippen molar-refractivity contribution in [3.05, 3.63) is 59.7 Å². The molecule has 3 rings (SSSR count). The van der Waals surface area contributed by atoms with Crippen LogP contribution in [0.3, 0.4) is 0 Å². The third-order valence-corrected chi connectivity index (χ3v) is 4.45. The van der Waals surface area contributed by atoms with Crippen LogP contribution in [0.15, 0.2) is 59.0 Å². The van der Waals surface area contributed by atoms with Gasteiger partial charge in [0.15, 0.2) is 0 Å². The zero-order valence-corrected chi connectivity index (χ0v) is 13.5. The lowest BCUT2D eigenvalue weighted by Crippen LogP contribution is -2.35. The molecule has 25 heavy (non-hydrogen) atoms. The Morgan fingerprint density at radius 2 is 1.60 bits per heavy atom. The summed E-state index contributed by atoms with van der Waals surface area (Å²) in [5, 5.41) is 15.3. The number of carbonyl (C=O) groups is 2. The average molecular weight is 359 g/mol. The van der Waals surface area contributed by atoms with Crippen LogP contribution >= 0.6 is 0 Å². The molecule has 0 aliphatic carbocycles. The third-order valence-electron chi connectivity index (χ3n) is 3.52. The summed E-state index contributed by atoms with van der Waals surface area (Å²) in [7, 11) is -3.84. The molecule has 128 valence electrons. The normalized spacial score (nSPS) is 16.4. The van der Waals surface area contributed by atoms with Crippen molar-refractivity contribution < 1.29 is 23.1 Å². The van der Waals surface area contributed by atoms with Gasteiger partial charge in [-0.3, -0.25) is 15.0 Å². The molecule has 8 nitrogen and oxygen atoms in total. The number of hydrogen-bond acceptors (Lipinski definition) is 5. The van der Waals surface area contributed by atoms with Crippen molar-refractivity contribution in [2.45, 2.75) is 4.90 Å². The number of phenolic OH excluding ortho intramolecular Hbond substituents is 1. The van der Waals surface area contributed by atoms with Gasteiger partial charge in [-0.25, -0.2) is 18.6 Å². The van der Waals surface area contributed by atoms with Crippen molar-refractivity contribution in [1.82, 2.24) is 5.43 Å². The number of nitrogens with zero attached hydrogens (tertiary/aromatic N) is 1. The molecule has 1 aliphatic rings. The molecule has 1 aliphatic heterocycles. The summed E-state index contributed by atoms with van der Waals surface area (Å²) in [5.74, 6) is -1.10. The van der Waals surface area contributed by atoms with Crippen LogP contribution in [0, 0.1) is 0 Å². The third kappa shape index (κ3) is 3.37. The van der Waals surface area contributed by atoms with Gasteiger partial charge in [0.05, 0.1) is 10.6 Å². The number of primary sulfonamides is 1. The summed E-state index contributed by atoms with van der Waals surface area (Å²) in [6, 6.07) is 11.2. The smallest absolute Gasteiger partial charge is 0.282 e. The number of aromatic hydroxyl groups is 1. The van der Waals surface area contributed by atoms with Gasteiger partial charge in [0.25, 0.3) is 11.8 Å². The molecule has 1 fully saturated rings. The minimum Gasteiger partial charge on any atom is -0.508 e. The Morgan fingerprint density at radius 1 is 1.00 bits per heavy atom. The number of phenols is 1. The Labute approximate surface area is 143 Å². The standard InChI is InChI=1S/C16H13N3O5S/c17-25(23,24)13-7-3-11(4-8-13)19-16(22)14(15(21)18-19)9-10-1-5-12(20)6-2-10/h1-9,20H,(H,18,21)(H2,17,23,24). The minimum absolute atomic E-state index is 0.0703. The van der Waals surface area contributed by atoms with Crippen LogP contribution in [0.25, 0.3) is 6.08 Å². The molecular formula is C16H13N3O5S. The Balaban J connectivity index is 1.89. The van der Waals surface area contributed by atoms with E-state index in [-0.39, 0.29) is 16.2 Å². The fraction of sp³-hybridized carbons (Fsp3) is 0. The highest BCUT2D eigenvalue weighted by molar-refractivity contribution is 7.89. The maximum atomic E-state index is 12.5. The van der Waals surface area contributed by atoms with Gasteiger partial charge >= 0.3 is 0 Å². The Bertz CT molecular complexity index is 979. The van der Waals surface area contributed by atoms with Crippen molar-refractivity contribution in [3.8, 4) is 5.75 Å². The number of hydrazine groups is 1. The van der Waals surface area contributed by atoms with Gasteiger partial charge in [0.1, 0.15) is 11.3 Å². The molecule has 0 bridgehead atoms. The van der Waals surface area contributed by atoms with Gasteiger partial charge in [-0.1, -0.05) is 12.1 Å². The largest absolute Gasteiger partial charge is 0.508 e. The quantitative estimate of drug-likeness (QED) is 0.543. The molecule has 2 aromatic rings. The molecule has 2 amide bonds. The summed E-state index contributed by atoms with van der Waals surface area (Å²) in [5.41, 5.74) is 3.19. The highest BCUT2D eigenvalue weighted by Crippen LogP contribution is 2.23. The maximum absolute atomic E-state index is 12.5. The summed E-state index contributed by atoms with van der Waals surface area (Å²) in [4.78, 5) is 24.4. The number of benzene rings is 2. The van der Waals surface area contributed by atoms with E-state index in [1.807, 2.05) is 0 Å². The highest BCUT2D eigenvalue weighted by atomic mass is 32.2. The van der Waals surface area contributed by atoms with E-state index in [1.165, 1.54) is 42.5 Å². The molecule has 1 saturated heterocycles. The molecule has 0 aromatic heterocycles. The van der Waals surface area contributed by atoms with Crippen LogP contribution in [0.5, 0.6) is 5.75 Å². The molecule has 0 radical (unpaired) electrons. The number of carbonyl (C=O) groups excluding carboxylic acids is 2. The minimum atomic E-state index is -3.84. The van der Waals surface area contributed by atoms with Crippen molar-refractivity contribution in [2.24, 2.45) is 5.14 Å². The predicted octanol–water partition coefficient (Wildman–Crippen LogP) is 0.501. The Morgan fingerprint density at radius 3 is 2.16 bits per heavy atom. The summed E-state index contributed by atoms with van der Waals surface area (Å²) >= 11 is 0. The highest BCUT2D eigenvalue weighted by Gasteiger charge is 2.34. The number of hydrogen-bond donors (Lipinski definition) is 3. The van der Waals surface area contributed by atoms with E-state index in [4.69, 9.17) is 5.14 Å². The second-order valence-electron chi connectivity index (χ2n) is 5.27. The van der Waals surface area contributed by atoms with E-state index in [9.17, 15) is 23.1 Å². The van der Waals surface area contributed by atoms with Crippen LogP contribution in [-0.4, -0.2) is 25.3 Å². The van der Waals surface area contributed by atoms with Gasteiger partial charge in [0.2, 0.25) is 10.0 Å². The van der Waals surface area contributed by atoms with Crippen LogP contribution in [0.1, 0.15) is 5.56 Å². The van der Waals surface area contributed by atoms with Crippen LogP contribution in [-0.2, 0) is 19.6 Å². The second-order valence-corrected chi connectivity index (χ2v) is 6.83. The van der Waals surface area contributed by atoms with Crippen LogP contribution in [0.2, 0.25) is 0 Å². The number of amides is 2. The van der Waals surface area contributed by atoms with E-state index >= 15 is 0 Å². The first-order chi connectivity index (χ1) is 11.8. The van der Waals surface area contributed by atoms with Gasteiger partial charge in [-0.2, -0.15) is 0 Å². The van der Waals surface area contributed by atoms with E-state index in [0.717, 1.165) is 5.01 Å². The molecule has 0 spiro atoms. The number of anilines is 1. The summed E-state index contributed by atoms with van der Waals surface area (Å²) < 4.78 is 22.5. The first kappa shape index (κ1) is 16.7. The molecule has 9 heteroatoms. The molecular weight excluding hydrogens is 346 g/mol. The van der Waals surface area contributed by atoms with Gasteiger partial charge in [-0.05, 0) is 48.0 Å². The molecule has 2 aromatic carbocycles. The fourth-order valence-corrected chi connectivity index (χ4v) is 2.78. The van der Waals surface area contributed by atoms with E-state index in [1.54, 1.807) is 12.1 Å². The van der Waals surface area contributed by atoms with Crippen molar-refractivity contribution in [2.75, 3.05) is 5.01 Å². The lowest BCUT2D eigenvalue weighted by atomic mass is 10.1. The van der Waals surface area contributed by atoms with Crippen molar-refractivity contribution >= 4 is 33.6 Å². The predicted molar refractivity (Wildman–Crippen MR) is 89.5 cm³/mol. The number of nitrogens with one attached hydrogen (secondary N) is 1. The average Bonchev–Trinajstić information content (AvgIpc) is 2.84. The first-order valence-corrected chi connectivity index (χ1v) is 8.59. The number of sulfonamides is 1. The zero-order valence-electron chi connectivity index (χ0n) is 12.7. The SMILES string of the molecule is NS(=O)(=O)c1ccc(N2NC(=O)C(=Cc3ccc(O)cc3)C2=O)cc1. The monoisotopic (exact) mass is 359 g/mol. The lowest BCUT2D eigenvalue weighted by molar-refractivity contribution is -0.117. The summed E-state index contributed by atoms with van der Waals surface area (Å²) in [6.45, 7) is 0. The van der Waals surface area contributed by atoms with E-state index in [0.29, 0.717) is 11.3 Å². The fourth-order valence-electron chi connectivity index (χ4n) is 2.26. The Hall–Kier alpha value is -3.17. The first-order valence-electron chi connectivity index (χ1n) is 7.05. The molecule has 1 heterocycles. The van der Waals surface area contributed by atoms with Gasteiger partial charge < -0.3 is 5.11 Å². The van der Waals surface area contributed by atoms with Crippen molar-refractivity contribution in [1.29, 1.82) is 0 Å². The van der Waals surface area contributed by atoms with Gasteiger partial charge in [0, 0.05) is 0 Å². The Kier molecular flexibility index (Phi) is 4.03. The van der Waals surface area contributed by atoms with Crippen molar-refractivity contribution in [3.63, 3.8) is 0 Å². The van der Waals surface area contributed by atoms with Crippen LogP contribution < -0.4 is 15.6 Å². The number of nitrogens with two attached hydrogens (primary N) is 1. The topological polar surface area (TPSA) is 130 Å².